The van der Waals surface area contributed by atoms with Crippen molar-refractivity contribution in [3.05, 3.63) is 34.6 Å². The molecule has 0 atom stereocenters. The second-order valence-corrected chi connectivity index (χ2v) is 6.24. The van der Waals surface area contributed by atoms with Crippen molar-refractivity contribution in [1.29, 1.82) is 0 Å². The molecule has 8 heteroatoms. The first-order chi connectivity index (χ1) is 9.35. The maximum atomic E-state index is 12.4. The van der Waals surface area contributed by atoms with Gasteiger partial charge in [0.1, 0.15) is 10.6 Å². The van der Waals surface area contributed by atoms with Crippen LogP contribution in [0.5, 0.6) is 5.75 Å². The number of H-pyrrole nitrogens is 1. The minimum atomic E-state index is -3.74. The molecule has 0 bridgehead atoms. The Balaban J connectivity index is 2.39. The first kappa shape index (κ1) is 14.7. The number of rotatable bonds is 4. The molecule has 0 saturated carbocycles. The summed E-state index contributed by atoms with van der Waals surface area (Å²) in [6.07, 6.45) is 0. The number of sulfonamides is 1. The molecule has 1 aromatic carbocycles. The molecule has 0 saturated heterocycles. The van der Waals surface area contributed by atoms with Crippen LogP contribution in [-0.4, -0.2) is 25.7 Å². The molecule has 2 rings (SSSR count). The van der Waals surface area contributed by atoms with Crippen LogP contribution in [0, 0.1) is 13.8 Å². The normalized spacial score (nSPS) is 11.4. The maximum Gasteiger partial charge on any atom is 0.265 e. The van der Waals surface area contributed by atoms with Crippen molar-refractivity contribution in [2.45, 2.75) is 18.7 Å². The summed E-state index contributed by atoms with van der Waals surface area (Å²) in [4.78, 5) is 0.129. The summed E-state index contributed by atoms with van der Waals surface area (Å²) in [6.45, 7) is 3.26. The van der Waals surface area contributed by atoms with Gasteiger partial charge in [-0.25, -0.2) is 8.42 Å². The Morgan fingerprint density at radius 3 is 2.55 bits per heavy atom. The smallest absolute Gasteiger partial charge is 0.265 e. The molecule has 0 spiro atoms. The minimum absolute atomic E-state index is 0.129. The number of aryl methyl sites for hydroxylation is 2. The van der Waals surface area contributed by atoms with Gasteiger partial charge in [-0.2, -0.15) is 5.10 Å². The van der Waals surface area contributed by atoms with Gasteiger partial charge in [-0.3, -0.25) is 9.82 Å². The van der Waals surface area contributed by atoms with E-state index in [2.05, 4.69) is 14.9 Å². The van der Waals surface area contributed by atoms with Gasteiger partial charge in [0.05, 0.1) is 29.2 Å². The Hall–Kier alpha value is -1.73. The molecule has 0 aliphatic heterocycles. The zero-order valence-electron chi connectivity index (χ0n) is 11.2. The molecule has 2 aromatic rings. The van der Waals surface area contributed by atoms with Gasteiger partial charge < -0.3 is 4.74 Å². The van der Waals surface area contributed by atoms with Crippen molar-refractivity contribution in [1.82, 2.24) is 10.2 Å². The minimum Gasteiger partial charge on any atom is -0.497 e. The van der Waals surface area contributed by atoms with Gasteiger partial charge in [0.2, 0.25) is 0 Å². The van der Waals surface area contributed by atoms with E-state index in [0.29, 0.717) is 17.1 Å². The molecule has 0 amide bonds. The Morgan fingerprint density at radius 2 is 2.05 bits per heavy atom. The Bertz CT molecular complexity index is 721. The highest BCUT2D eigenvalue weighted by atomic mass is 35.5. The number of aromatic nitrogens is 2. The number of ether oxygens (including phenoxy) is 1. The van der Waals surface area contributed by atoms with E-state index in [1.165, 1.54) is 13.2 Å². The summed E-state index contributed by atoms with van der Waals surface area (Å²) in [5.74, 6) is 0.550. The summed E-state index contributed by atoms with van der Waals surface area (Å²) < 4.78 is 32.2. The third kappa shape index (κ3) is 2.73. The fraction of sp³-hybridized carbons (Fsp3) is 0.250. The number of hydrogen-bond acceptors (Lipinski definition) is 4. The molecule has 0 unspecified atom stereocenters. The van der Waals surface area contributed by atoms with Gasteiger partial charge in [0, 0.05) is 6.07 Å². The molecular weight excluding hydrogens is 302 g/mol. The highest BCUT2D eigenvalue weighted by Crippen LogP contribution is 2.29. The van der Waals surface area contributed by atoms with Gasteiger partial charge in [-0.05, 0) is 26.0 Å². The van der Waals surface area contributed by atoms with E-state index < -0.39 is 10.0 Å². The predicted molar refractivity (Wildman–Crippen MR) is 76.9 cm³/mol. The molecule has 0 radical (unpaired) electrons. The second kappa shape index (κ2) is 5.34. The molecule has 0 fully saturated rings. The van der Waals surface area contributed by atoms with Crippen LogP contribution in [-0.2, 0) is 10.0 Å². The predicted octanol–water partition coefficient (Wildman–Crippen LogP) is 2.49. The molecule has 1 aromatic heterocycles. The number of anilines is 1. The number of aromatic amines is 1. The Labute approximate surface area is 122 Å². The van der Waals surface area contributed by atoms with Gasteiger partial charge in [0.25, 0.3) is 10.0 Å². The van der Waals surface area contributed by atoms with Gasteiger partial charge in [0.15, 0.2) is 0 Å². The zero-order valence-corrected chi connectivity index (χ0v) is 12.8. The van der Waals surface area contributed by atoms with Crippen LogP contribution in [0.25, 0.3) is 0 Å². The van der Waals surface area contributed by atoms with E-state index in [1.54, 1.807) is 26.0 Å². The summed E-state index contributed by atoms with van der Waals surface area (Å²) in [7, 11) is -2.23. The van der Waals surface area contributed by atoms with Crippen LogP contribution < -0.4 is 9.46 Å². The van der Waals surface area contributed by atoms with E-state index >= 15 is 0 Å². The van der Waals surface area contributed by atoms with Crippen LogP contribution in [0.3, 0.4) is 0 Å². The van der Waals surface area contributed by atoms with Crippen molar-refractivity contribution in [2.75, 3.05) is 11.8 Å². The van der Waals surface area contributed by atoms with E-state index in [0.717, 1.165) is 0 Å². The topological polar surface area (TPSA) is 84.1 Å². The van der Waals surface area contributed by atoms with Crippen LogP contribution in [0.4, 0.5) is 5.69 Å². The fourth-order valence-corrected chi connectivity index (χ4v) is 3.56. The third-order valence-electron chi connectivity index (χ3n) is 2.75. The molecule has 6 nitrogen and oxygen atoms in total. The van der Waals surface area contributed by atoms with Crippen molar-refractivity contribution in [3.8, 4) is 5.75 Å². The van der Waals surface area contributed by atoms with Gasteiger partial charge in [-0.15, -0.1) is 0 Å². The lowest BCUT2D eigenvalue weighted by atomic mass is 10.3. The highest BCUT2D eigenvalue weighted by molar-refractivity contribution is 7.92. The van der Waals surface area contributed by atoms with Crippen LogP contribution in [0.2, 0.25) is 5.02 Å². The molecule has 20 heavy (non-hydrogen) atoms. The van der Waals surface area contributed by atoms with Crippen LogP contribution >= 0.6 is 11.6 Å². The number of nitrogens with one attached hydrogen (secondary N) is 2. The lowest BCUT2D eigenvalue weighted by molar-refractivity contribution is 0.415. The van der Waals surface area contributed by atoms with Crippen LogP contribution in [0.15, 0.2) is 23.1 Å². The van der Waals surface area contributed by atoms with Gasteiger partial charge in [-0.1, -0.05) is 11.6 Å². The molecule has 1 heterocycles. The fourth-order valence-electron chi connectivity index (χ4n) is 1.84. The second-order valence-electron chi connectivity index (χ2n) is 4.21. The highest BCUT2D eigenvalue weighted by Gasteiger charge is 2.23. The lowest BCUT2D eigenvalue weighted by Crippen LogP contribution is -2.14. The molecule has 0 aliphatic carbocycles. The van der Waals surface area contributed by atoms with Crippen molar-refractivity contribution < 1.29 is 13.2 Å². The standard InChI is InChI=1S/C12H14ClN3O3S/c1-7-12(8(2)15-14-7)20(17,18)16-11-5-4-9(19-3)6-10(11)13/h4-6,16H,1-3H3,(H,14,15). The monoisotopic (exact) mass is 315 g/mol. The van der Waals surface area contributed by atoms with E-state index in [4.69, 9.17) is 16.3 Å². The maximum absolute atomic E-state index is 12.4. The van der Waals surface area contributed by atoms with E-state index in [-0.39, 0.29) is 15.6 Å². The van der Waals surface area contributed by atoms with Gasteiger partial charge >= 0.3 is 0 Å². The SMILES string of the molecule is COc1ccc(NS(=O)(=O)c2c(C)n[nH]c2C)c(Cl)c1. The summed E-state index contributed by atoms with van der Waals surface area (Å²) in [5.41, 5.74) is 1.16. The first-order valence-electron chi connectivity index (χ1n) is 5.73. The number of methoxy groups -OCH3 is 1. The summed E-state index contributed by atoms with van der Waals surface area (Å²) >= 11 is 6.02. The number of nitrogens with zero attached hydrogens (tertiary/aromatic N) is 1. The average molecular weight is 316 g/mol. The number of hydrogen-bond donors (Lipinski definition) is 2. The van der Waals surface area contributed by atoms with Crippen molar-refractivity contribution in [3.63, 3.8) is 0 Å². The van der Waals surface area contributed by atoms with E-state index in [1.807, 2.05) is 0 Å². The average Bonchev–Trinajstić information content (AvgIpc) is 2.72. The van der Waals surface area contributed by atoms with Crippen molar-refractivity contribution in [2.24, 2.45) is 0 Å². The largest absolute Gasteiger partial charge is 0.497 e. The summed E-state index contributed by atoms with van der Waals surface area (Å²) in [5, 5.41) is 6.77. The zero-order chi connectivity index (χ0) is 14.9. The Kier molecular flexibility index (Phi) is 3.92. The molecule has 2 N–H and O–H groups in total. The van der Waals surface area contributed by atoms with Crippen LogP contribution in [0.1, 0.15) is 11.4 Å². The number of benzene rings is 1. The molecular formula is C12H14ClN3O3S. The van der Waals surface area contributed by atoms with E-state index in [9.17, 15) is 8.42 Å². The Morgan fingerprint density at radius 1 is 1.35 bits per heavy atom. The molecule has 0 aliphatic rings. The number of halogens is 1. The quantitative estimate of drug-likeness (QED) is 0.908. The third-order valence-corrected chi connectivity index (χ3v) is 4.69. The first-order valence-corrected chi connectivity index (χ1v) is 7.59. The van der Waals surface area contributed by atoms with Crippen molar-refractivity contribution >= 4 is 27.3 Å². The summed E-state index contributed by atoms with van der Waals surface area (Å²) in [6, 6.07) is 4.71. The lowest BCUT2D eigenvalue weighted by Gasteiger charge is -2.10. The molecule has 108 valence electrons.